The summed E-state index contributed by atoms with van der Waals surface area (Å²) in [5, 5.41) is 3.17. The van der Waals surface area contributed by atoms with Crippen molar-refractivity contribution in [2.24, 2.45) is 17.8 Å². The number of carbonyl (C=O) groups is 1. The molecule has 1 amide bonds. The molecule has 0 bridgehead atoms. The fourth-order valence-corrected chi connectivity index (χ4v) is 4.11. The lowest BCUT2D eigenvalue weighted by Crippen LogP contribution is -2.38. The van der Waals surface area contributed by atoms with E-state index in [-0.39, 0.29) is 11.5 Å². The summed E-state index contributed by atoms with van der Waals surface area (Å²) < 4.78 is 5.89. The highest BCUT2D eigenvalue weighted by Gasteiger charge is 2.34. The summed E-state index contributed by atoms with van der Waals surface area (Å²) >= 11 is 0. The van der Waals surface area contributed by atoms with Gasteiger partial charge in [-0.3, -0.25) is 4.79 Å². The molecule has 0 aromatic rings. The Morgan fingerprint density at radius 3 is 2.50 bits per heavy atom. The standard InChI is InChI=1S/C22H44N2O2/c1-7-24(8-2)14-9-13-23-21(25)16-19(11-10-18(3)4)20-12-15-26-22(5,6)17-20/h18-20H,7-17H2,1-6H3,(H,23,25)/t19-,20+/m1/s1. The summed E-state index contributed by atoms with van der Waals surface area (Å²) in [6.45, 7) is 18.2. The fraction of sp³-hybridized carbons (Fsp3) is 0.955. The van der Waals surface area contributed by atoms with Gasteiger partial charge in [0, 0.05) is 19.6 Å². The second-order valence-corrected chi connectivity index (χ2v) is 9.03. The zero-order valence-corrected chi connectivity index (χ0v) is 18.3. The maximum Gasteiger partial charge on any atom is 0.220 e. The van der Waals surface area contributed by atoms with E-state index >= 15 is 0 Å². The third kappa shape index (κ3) is 9.36. The minimum absolute atomic E-state index is 0.0424. The van der Waals surface area contributed by atoms with E-state index in [4.69, 9.17) is 4.74 Å². The Balaban J connectivity index is 2.47. The maximum atomic E-state index is 12.5. The Morgan fingerprint density at radius 2 is 1.92 bits per heavy atom. The third-order valence-corrected chi connectivity index (χ3v) is 5.83. The van der Waals surface area contributed by atoms with Gasteiger partial charge in [0.15, 0.2) is 0 Å². The second-order valence-electron chi connectivity index (χ2n) is 9.03. The van der Waals surface area contributed by atoms with Crippen LogP contribution in [-0.4, -0.2) is 49.2 Å². The Morgan fingerprint density at radius 1 is 1.23 bits per heavy atom. The molecule has 26 heavy (non-hydrogen) atoms. The first-order valence-electron chi connectivity index (χ1n) is 10.9. The smallest absolute Gasteiger partial charge is 0.220 e. The predicted octanol–water partition coefficient (Wildman–Crippen LogP) is 4.48. The highest BCUT2D eigenvalue weighted by atomic mass is 16.5. The lowest BCUT2D eigenvalue weighted by Gasteiger charge is -2.39. The number of nitrogens with one attached hydrogen (secondary N) is 1. The van der Waals surface area contributed by atoms with E-state index in [0.717, 1.165) is 58.5 Å². The molecule has 0 spiro atoms. The van der Waals surface area contributed by atoms with Crippen LogP contribution >= 0.6 is 0 Å². The van der Waals surface area contributed by atoms with Crippen LogP contribution in [0.5, 0.6) is 0 Å². The summed E-state index contributed by atoms with van der Waals surface area (Å²) in [6.07, 6.45) is 6.25. The molecule has 0 aliphatic carbocycles. The number of nitrogens with zero attached hydrogens (tertiary/aromatic N) is 1. The summed E-state index contributed by atoms with van der Waals surface area (Å²) in [7, 11) is 0. The normalized spacial score (nSPS) is 21.2. The first-order chi connectivity index (χ1) is 12.3. The van der Waals surface area contributed by atoms with Crippen LogP contribution in [-0.2, 0) is 9.53 Å². The molecule has 1 heterocycles. The minimum atomic E-state index is -0.0424. The van der Waals surface area contributed by atoms with Crippen LogP contribution in [0.25, 0.3) is 0 Å². The molecule has 4 nitrogen and oxygen atoms in total. The first kappa shape index (κ1) is 23.4. The van der Waals surface area contributed by atoms with Gasteiger partial charge < -0.3 is 15.0 Å². The Kier molecular flexibility index (Phi) is 10.8. The number of amides is 1. The molecule has 4 heteroatoms. The number of hydrogen-bond acceptors (Lipinski definition) is 3. The molecular formula is C22H44N2O2. The van der Waals surface area contributed by atoms with Gasteiger partial charge in [-0.05, 0) is 76.9 Å². The summed E-state index contributed by atoms with van der Waals surface area (Å²) in [5.74, 6) is 2.03. The van der Waals surface area contributed by atoms with Gasteiger partial charge in [-0.1, -0.05) is 34.1 Å². The lowest BCUT2D eigenvalue weighted by molar-refractivity contribution is -0.124. The van der Waals surface area contributed by atoms with Crippen molar-refractivity contribution in [2.45, 2.75) is 85.7 Å². The molecule has 1 aliphatic rings. The number of rotatable bonds is 12. The van der Waals surface area contributed by atoms with Crippen LogP contribution < -0.4 is 5.32 Å². The topological polar surface area (TPSA) is 41.6 Å². The highest BCUT2D eigenvalue weighted by Crippen LogP contribution is 2.37. The quantitative estimate of drug-likeness (QED) is 0.516. The van der Waals surface area contributed by atoms with Crippen molar-refractivity contribution in [3.8, 4) is 0 Å². The monoisotopic (exact) mass is 368 g/mol. The molecular weight excluding hydrogens is 324 g/mol. The Bertz CT molecular complexity index is 392. The lowest BCUT2D eigenvalue weighted by atomic mass is 9.75. The number of ether oxygens (including phenoxy) is 1. The van der Waals surface area contributed by atoms with Crippen molar-refractivity contribution < 1.29 is 9.53 Å². The van der Waals surface area contributed by atoms with Crippen LogP contribution in [0.3, 0.4) is 0 Å². The molecule has 1 rings (SSSR count). The number of carbonyl (C=O) groups excluding carboxylic acids is 1. The predicted molar refractivity (Wildman–Crippen MR) is 110 cm³/mol. The van der Waals surface area contributed by atoms with E-state index in [1.165, 1.54) is 6.42 Å². The Hall–Kier alpha value is -0.610. The van der Waals surface area contributed by atoms with Crippen LogP contribution in [0, 0.1) is 17.8 Å². The van der Waals surface area contributed by atoms with Gasteiger partial charge in [-0.25, -0.2) is 0 Å². The van der Waals surface area contributed by atoms with Gasteiger partial charge in [-0.2, -0.15) is 0 Å². The molecule has 0 aromatic carbocycles. The first-order valence-corrected chi connectivity index (χ1v) is 10.9. The summed E-state index contributed by atoms with van der Waals surface area (Å²) in [6, 6.07) is 0. The van der Waals surface area contributed by atoms with E-state index in [1.54, 1.807) is 0 Å². The van der Waals surface area contributed by atoms with E-state index in [0.29, 0.717) is 24.2 Å². The van der Waals surface area contributed by atoms with Gasteiger partial charge >= 0.3 is 0 Å². The molecule has 1 saturated heterocycles. The van der Waals surface area contributed by atoms with E-state index in [9.17, 15) is 4.79 Å². The van der Waals surface area contributed by atoms with Gasteiger partial charge in [-0.15, -0.1) is 0 Å². The molecule has 0 aromatic heterocycles. The Labute approximate surface area is 162 Å². The molecule has 2 atom stereocenters. The van der Waals surface area contributed by atoms with Crippen molar-refractivity contribution >= 4 is 5.91 Å². The molecule has 1 fully saturated rings. The van der Waals surface area contributed by atoms with Gasteiger partial charge in [0.05, 0.1) is 5.60 Å². The largest absolute Gasteiger partial charge is 0.376 e. The SMILES string of the molecule is CCN(CC)CCCNC(=O)C[C@@H](CCC(C)C)[C@H]1CCOC(C)(C)C1. The van der Waals surface area contributed by atoms with Crippen molar-refractivity contribution in [1.29, 1.82) is 0 Å². The van der Waals surface area contributed by atoms with Crippen LogP contribution in [0.4, 0.5) is 0 Å². The number of hydrogen-bond donors (Lipinski definition) is 1. The van der Waals surface area contributed by atoms with E-state index < -0.39 is 0 Å². The zero-order valence-electron chi connectivity index (χ0n) is 18.3. The molecule has 1 aliphatic heterocycles. The molecule has 154 valence electrons. The fourth-order valence-electron chi connectivity index (χ4n) is 4.11. The van der Waals surface area contributed by atoms with Crippen LogP contribution in [0.1, 0.15) is 80.1 Å². The highest BCUT2D eigenvalue weighted by molar-refractivity contribution is 5.76. The molecule has 0 saturated carbocycles. The van der Waals surface area contributed by atoms with E-state index in [1.807, 2.05) is 0 Å². The third-order valence-electron chi connectivity index (χ3n) is 5.83. The van der Waals surface area contributed by atoms with Gasteiger partial charge in [0.25, 0.3) is 0 Å². The van der Waals surface area contributed by atoms with Crippen molar-refractivity contribution in [2.75, 3.05) is 32.8 Å². The summed E-state index contributed by atoms with van der Waals surface area (Å²) in [4.78, 5) is 14.9. The molecule has 0 radical (unpaired) electrons. The van der Waals surface area contributed by atoms with E-state index in [2.05, 4.69) is 51.8 Å². The van der Waals surface area contributed by atoms with Crippen LogP contribution in [0.2, 0.25) is 0 Å². The average Bonchev–Trinajstić information content (AvgIpc) is 2.57. The molecule has 1 N–H and O–H groups in total. The maximum absolute atomic E-state index is 12.5. The summed E-state index contributed by atoms with van der Waals surface area (Å²) in [5.41, 5.74) is -0.0424. The second kappa shape index (κ2) is 12.0. The van der Waals surface area contributed by atoms with Crippen molar-refractivity contribution in [3.63, 3.8) is 0 Å². The van der Waals surface area contributed by atoms with Crippen molar-refractivity contribution in [1.82, 2.24) is 10.2 Å². The van der Waals surface area contributed by atoms with Gasteiger partial charge in [0.1, 0.15) is 0 Å². The zero-order chi connectivity index (χ0) is 19.6. The molecule has 0 unspecified atom stereocenters. The minimum Gasteiger partial charge on any atom is -0.376 e. The van der Waals surface area contributed by atoms with Gasteiger partial charge in [0.2, 0.25) is 5.91 Å². The average molecular weight is 369 g/mol. The van der Waals surface area contributed by atoms with Crippen molar-refractivity contribution in [3.05, 3.63) is 0 Å². The van der Waals surface area contributed by atoms with Crippen LogP contribution in [0.15, 0.2) is 0 Å².